The molecule has 0 N–H and O–H groups in total. The van der Waals surface area contributed by atoms with Crippen LogP contribution in [0.2, 0.25) is 0 Å². The molecule has 0 amide bonds. The standard InChI is InChI=1S/C19H23N2.HI/c1-4-21-15-13-18(14-16-21)8-6-5-7-17-9-11-19(12-10-17)20(2)3;/h5-16H,4H2,1-3H3;1H/q+1;/p-1. The van der Waals surface area contributed by atoms with Gasteiger partial charge in [-0.15, -0.1) is 0 Å². The van der Waals surface area contributed by atoms with Gasteiger partial charge in [-0.25, -0.2) is 4.57 Å². The highest BCUT2D eigenvalue weighted by molar-refractivity contribution is 5.59. The van der Waals surface area contributed by atoms with Crippen LogP contribution in [0.3, 0.4) is 0 Å². The second kappa shape index (κ2) is 9.41. The predicted molar refractivity (Wildman–Crippen MR) is 91.1 cm³/mol. The van der Waals surface area contributed by atoms with E-state index in [1.165, 1.54) is 16.8 Å². The molecular formula is C19H23IN2. The van der Waals surface area contributed by atoms with Crippen LogP contribution >= 0.6 is 0 Å². The minimum Gasteiger partial charge on any atom is -1.00 e. The van der Waals surface area contributed by atoms with Crippen LogP contribution in [0.15, 0.2) is 60.9 Å². The molecule has 0 saturated heterocycles. The Balaban J connectivity index is 0.00000242. The molecule has 0 aliphatic carbocycles. The van der Waals surface area contributed by atoms with Gasteiger partial charge in [-0.1, -0.05) is 36.4 Å². The lowest BCUT2D eigenvalue weighted by Gasteiger charge is -2.11. The average molecular weight is 406 g/mol. The summed E-state index contributed by atoms with van der Waals surface area (Å²) >= 11 is 0. The minimum atomic E-state index is 0. The van der Waals surface area contributed by atoms with Crippen molar-refractivity contribution in [3.8, 4) is 0 Å². The molecule has 1 aromatic carbocycles. The van der Waals surface area contributed by atoms with Crippen molar-refractivity contribution in [3.05, 3.63) is 72.1 Å². The zero-order valence-corrected chi connectivity index (χ0v) is 15.6. The van der Waals surface area contributed by atoms with Crippen LogP contribution < -0.4 is 33.4 Å². The molecule has 0 radical (unpaired) electrons. The Labute approximate surface area is 150 Å². The summed E-state index contributed by atoms with van der Waals surface area (Å²) in [4.78, 5) is 2.10. The number of hydrogen-bond donors (Lipinski definition) is 0. The summed E-state index contributed by atoms with van der Waals surface area (Å²) in [5.74, 6) is 0. The number of nitrogens with zero attached hydrogens (tertiary/aromatic N) is 2. The normalized spacial score (nSPS) is 10.9. The van der Waals surface area contributed by atoms with Crippen LogP contribution in [0.25, 0.3) is 12.2 Å². The molecule has 0 bridgehead atoms. The van der Waals surface area contributed by atoms with E-state index in [0.717, 1.165) is 6.54 Å². The summed E-state index contributed by atoms with van der Waals surface area (Å²) in [6.45, 7) is 3.15. The molecule has 22 heavy (non-hydrogen) atoms. The average Bonchev–Trinajstić information content (AvgIpc) is 2.52. The summed E-state index contributed by atoms with van der Waals surface area (Å²) in [5, 5.41) is 0. The predicted octanol–water partition coefficient (Wildman–Crippen LogP) is 0.791. The first-order valence-electron chi connectivity index (χ1n) is 7.30. The zero-order valence-electron chi connectivity index (χ0n) is 13.4. The number of halogens is 1. The quantitative estimate of drug-likeness (QED) is 0.405. The Kier molecular flexibility index (Phi) is 7.88. The van der Waals surface area contributed by atoms with E-state index in [1.807, 2.05) is 0 Å². The topological polar surface area (TPSA) is 7.12 Å². The molecular weight excluding hydrogens is 383 g/mol. The molecule has 0 atom stereocenters. The lowest BCUT2D eigenvalue weighted by molar-refractivity contribution is -0.693. The summed E-state index contributed by atoms with van der Waals surface area (Å²) in [6, 6.07) is 12.8. The van der Waals surface area contributed by atoms with Gasteiger partial charge in [-0.2, -0.15) is 0 Å². The summed E-state index contributed by atoms with van der Waals surface area (Å²) in [7, 11) is 4.10. The molecule has 0 aliphatic rings. The van der Waals surface area contributed by atoms with Crippen molar-refractivity contribution < 1.29 is 28.5 Å². The molecule has 0 unspecified atom stereocenters. The molecule has 3 heteroatoms. The first kappa shape index (κ1) is 18.4. The van der Waals surface area contributed by atoms with E-state index in [-0.39, 0.29) is 24.0 Å². The molecule has 0 spiro atoms. The molecule has 116 valence electrons. The van der Waals surface area contributed by atoms with E-state index in [0.29, 0.717) is 0 Å². The van der Waals surface area contributed by atoms with Gasteiger partial charge in [0.25, 0.3) is 0 Å². The van der Waals surface area contributed by atoms with E-state index in [4.69, 9.17) is 0 Å². The molecule has 0 aliphatic heterocycles. The van der Waals surface area contributed by atoms with Crippen molar-refractivity contribution in [2.45, 2.75) is 13.5 Å². The van der Waals surface area contributed by atoms with Crippen LogP contribution in [-0.4, -0.2) is 14.1 Å². The summed E-state index contributed by atoms with van der Waals surface area (Å²) in [6.07, 6.45) is 12.6. The molecule has 1 heterocycles. The van der Waals surface area contributed by atoms with Gasteiger partial charge in [0.1, 0.15) is 6.54 Å². The van der Waals surface area contributed by atoms with E-state index in [1.54, 1.807) is 0 Å². The van der Waals surface area contributed by atoms with E-state index >= 15 is 0 Å². The van der Waals surface area contributed by atoms with E-state index in [2.05, 4.69) is 104 Å². The number of aromatic nitrogens is 1. The van der Waals surface area contributed by atoms with Crippen molar-refractivity contribution in [1.82, 2.24) is 0 Å². The lowest BCUT2D eigenvalue weighted by Crippen LogP contribution is -3.00. The molecule has 0 fully saturated rings. The van der Waals surface area contributed by atoms with Gasteiger partial charge in [0, 0.05) is 31.9 Å². The third-order valence-electron chi connectivity index (χ3n) is 3.38. The third kappa shape index (κ3) is 5.64. The fraction of sp³-hybridized carbons (Fsp3) is 0.211. The number of aryl methyl sites for hydroxylation is 1. The van der Waals surface area contributed by atoms with Gasteiger partial charge in [0.15, 0.2) is 12.4 Å². The molecule has 2 aromatic rings. The Morgan fingerprint density at radius 2 is 1.36 bits per heavy atom. The minimum absolute atomic E-state index is 0. The summed E-state index contributed by atoms with van der Waals surface area (Å²) < 4.78 is 2.15. The first-order valence-corrected chi connectivity index (χ1v) is 7.30. The smallest absolute Gasteiger partial charge is 0.169 e. The maximum absolute atomic E-state index is 2.15. The highest BCUT2D eigenvalue weighted by atomic mass is 127. The SMILES string of the molecule is CC[n+]1ccc(C=CC=Cc2ccc(N(C)C)cc2)cc1.[I-]. The van der Waals surface area contributed by atoms with E-state index < -0.39 is 0 Å². The second-order valence-corrected chi connectivity index (χ2v) is 5.17. The number of rotatable bonds is 5. The van der Waals surface area contributed by atoms with Crippen LogP contribution in [0.4, 0.5) is 5.69 Å². The summed E-state index contributed by atoms with van der Waals surface area (Å²) in [5.41, 5.74) is 3.64. The van der Waals surface area contributed by atoms with Crippen LogP contribution in [-0.2, 0) is 6.54 Å². The van der Waals surface area contributed by atoms with Crippen molar-refractivity contribution in [2.24, 2.45) is 0 Å². The van der Waals surface area contributed by atoms with Gasteiger partial charge in [0.05, 0.1) is 0 Å². The lowest BCUT2D eigenvalue weighted by atomic mass is 10.2. The van der Waals surface area contributed by atoms with Crippen LogP contribution in [0.5, 0.6) is 0 Å². The molecule has 2 nitrogen and oxygen atoms in total. The van der Waals surface area contributed by atoms with Crippen molar-refractivity contribution in [2.75, 3.05) is 19.0 Å². The first-order chi connectivity index (χ1) is 10.2. The molecule has 2 rings (SSSR count). The van der Waals surface area contributed by atoms with Gasteiger partial charge in [0.2, 0.25) is 0 Å². The van der Waals surface area contributed by atoms with Crippen molar-refractivity contribution >= 4 is 17.8 Å². The van der Waals surface area contributed by atoms with Crippen molar-refractivity contribution in [1.29, 1.82) is 0 Å². The fourth-order valence-electron chi connectivity index (χ4n) is 2.01. The van der Waals surface area contributed by atoms with Gasteiger partial charge in [-0.05, 0) is 30.2 Å². The third-order valence-corrected chi connectivity index (χ3v) is 3.38. The number of benzene rings is 1. The van der Waals surface area contributed by atoms with Crippen LogP contribution in [0.1, 0.15) is 18.1 Å². The Bertz CT molecular complexity index is 611. The van der Waals surface area contributed by atoms with Gasteiger partial charge < -0.3 is 28.9 Å². The van der Waals surface area contributed by atoms with E-state index in [9.17, 15) is 0 Å². The maximum Gasteiger partial charge on any atom is 0.169 e. The second-order valence-electron chi connectivity index (χ2n) is 5.17. The Hall–Kier alpha value is -1.62. The van der Waals surface area contributed by atoms with Gasteiger partial charge >= 0.3 is 0 Å². The number of allylic oxidation sites excluding steroid dienone is 2. The monoisotopic (exact) mass is 406 g/mol. The Morgan fingerprint density at radius 1 is 0.864 bits per heavy atom. The van der Waals surface area contributed by atoms with Crippen molar-refractivity contribution in [3.63, 3.8) is 0 Å². The number of anilines is 1. The van der Waals surface area contributed by atoms with Gasteiger partial charge in [-0.3, -0.25) is 0 Å². The highest BCUT2D eigenvalue weighted by Gasteiger charge is 1.94. The number of pyridine rings is 1. The Morgan fingerprint density at radius 3 is 1.82 bits per heavy atom. The molecule has 0 saturated carbocycles. The molecule has 1 aromatic heterocycles. The zero-order chi connectivity index (χ0) is 15.1. The van der Waals surface area contributed by atoms with Crippen LogP contribution in [0, 0.1) is 0 Å². The number of hydrogen-bond acceptors (Lipinski definition) is 1. The highest BCUT2D eigenvalue weighted by Crippen LogP contribution is 2.13. The fourth-order valence-corrected chi connectivity index (χ4v) is 2.01. The largest absolute Gasteiger partial charge is 1.00 e. The maximum atomic E-state index is 2.15.